The average Bonchev–Trinajstić information content (AvgIpc) is 2.97. The van der Waals surface area contributed by atoms with E-state index in [9.17, 15) is 24.6 Å². The van der Waals surface area contributed by atoms with Crippen molar-refractivity contribution in [1.29, 1.82) is 0 Å². The van der Waals surface area contributed by atoms with Gasteiger partial charge in [0, 0.05) is 23.5 Å². The molecule has 0 aromatic carbocycles. The molecule has 3 aliphatic rings. The summed E-state index contributed by atoms with van der Waals surface area (Å²) >= 11 is 0. The second kappa shape index (κ2) is 6.34. The first kappa shape index (κ1) is 19.4. The molecule has 0 bridgehead atoms. The minimum absolute atomic E-state index is 0.0833. The van der Waals surface area contributed by atoms with Gasteiger partial charge in [0.2, 0.25) is 5.78 Å². The number of Topliss-reactive ketones (excluding diaryl/α,β-unsaturated/α-hetero) is 1. The number of fused-ring (bicyclic) bond motifs is 3. The first-order valence-electron chi connectivity index (χ1n) is 8.91. The van der Waals surface area contributed by atoms with E-state index in [0.717, 1.165) is 0 Å². The number of allylic oxidation sites excluding steroid dienone is 2. The monoisotopic (exact) mass is 376 g/mol. The third-order valence-electron chi connectivity index (χ3n) is 6.06. The zero-order valence-electron chi connectivity index (χ0n) is 15.8. The van der Waals surface area contributed by atoms with Gasteiger partial charge in [-0.2, -0.15) is 0 Å². The fraction of sp³-hybridized carbons (Fsp3) is 0.550. The van der Waals surface area contributed by atoms with Crippen LogP contribution in [0.3, 0.4) is 0 Å². The molecule has 3 rings (SSSR count). The highest BCUT2D eigenvalue weighted by Gasteiger charge is 2.62. The van der Waals surface area contributed by atoms with Crippen LogP contribution >= 0.6 is 0 Å². The number of rotatable bonds is 2. The van der Waals surface area contributed by atoms with Gasteiger partial charge in [-0.3, -0.25) is 4.79 Å². The minimum Gasteiger partial charge on any atom is -0.504 e. The molecule has 0 radical (unpaired) electrons. The Bertz CT molecular complexity index is 801. The molecule has 2 fully saturated rings. The Morgan fingerprint density at radius 2 is 2.00 bits per heavy atom. The van der Waals surface area contributed by atoms with Crippen molar-refractivity contribution in [3.05, 3.63) is 35.1 Å². The third kappa shape index (κ3) is 2.81. The second-order valence-electron chi connectivity index (χ2n) is 7.80. The smallest absolute Gasteiger partial charge is 0.334 e. The van der Waals surface area contributed by atoms with Crippen LogP contribution in [0.4, 0.5) is 0 Å². The van der Waals surface area contributed by atoms with Crippen LogP contribution in [-0.2, 0) is 23.9 Å². The topological polar surface area (TPSA) is 110 Å². The molecule has 7 nitrogen and oxygen atoms in total. The van der Waals surface area contributed by atoms with Gasteiger partial charge >= 0.3 is 11.9 Å². The van der Waals surface area contributed by atoms with Gasteiger partial charge in [0.15, 0.2) is 5.76 Å². The van der Waals surface area contributed by atoms with Crippen molar-refractivity contribution in [3.63, 3.8) is 0 Å². The van der Waals surface area contributed by atoms with Crippen molar-refractivity contribution in [1.82, 2.24) is 0 Å². The second-order valence-corrected chi connectivity index (χ2v) is 7.80. The Labute approximate surface area is 157 Å². The molecule has 0 spiro atoms. The Morgan fingerprint density at radius 1 is 1.37 bits per heavy atom. The molecule has 1 saturated heterocycles. The third-order valence-corrected chi connectivity index (χ3v) is 6.06. The van der Waals surface area contributed by atoms with E-state index in [1.54, 1.807) is 26.8 Å². The number of hydrogen-bond donors (Lipinski definition) is 2. The molecule has 1 aliphatic heterocycles. The summed E-state index contributed by atoms with van der Waals surface area (Å²) in [5, 5.41) is 21.2. The van der Waals surface area contributed by atoms with Gasteiger partial charge in [-0.25, -0.2) is 9.59 Å². The lowest BCUT2D eigenvalue weighted by Gasteiger charge is -2.33. The quantitative estimate of drug-likeness (QED) is 0.558. The lowest BCUT2D eigenvalue weighted by atomic mass is 9.76. The molecule has 6 atom stereocenters. The predicted octanol–water partition coefficient (Wildman–Crippen LogP) is 1.76. The van der Waals surface area contributed by atoms with Gasteiger partial charge in [0.05, 0.1) is 17.4 Å². The van der Waals surface area contributed by atoms with Crippen LogP contribution < -0.4 is 0 Å². The van der Waals surface area contributed by atoms with Crippen LogP contribution in [-0.4, -0.2) is 45.7 Å². The summed E-state index contributed by atoms with van der Waals surface area (Å²) in [5.74, 6) is -4.59. The number of carbonyl (C=O) groups excluding carboxylic acids is 3. The Hall–Kier alpha value is -2.41. The van der Waals surface area contributed by atoms with Crippen molar-refractivity contribution < 1.29 is 34.1 Å². The molecule has 0 amide bonds. The van der Waals surface area contributed by atoms with Crippen LogP contribution in [0, 0.1) is 17.8 Å². The minimum atomic E-state index is -1.57. The highest BCUT2D eigenvalue weighted by atomic mass is 16.6. The fourth-order valence-electron chi connectivity index (χ4n) is 4.48. The summed E-state index contributed by atoms with van der Waals surface area (Å²) in [7, 11) is 0. The first-order valence-corrected chi connectivity index (χ1v) is 8.91. The summed E-state index contributed by atoms with van der Waals surface area (Å²) in [4.78, 5) is 37.1. The van der Waals surface area contributed by atoms with Gasteiger partial charge < -0.3 is 19.7 Å². The molecule has 146 valence electrons. The molecule has 27 heavy (non-hydrogen) atoms. The highest BCUT2D eigenvalue weighted by Crippen LogP contribution is 2.53. The molecular weight excluding hydrogens is 352 g/mol. The maximum atomic E-state index is 12.6. The zero-order valence-corrected chi connectivity index (χ0v) is 15.8. The molecule has 1 saturated carbocycles. The van der Waals surface area contributed by atoms with Crippen molar-refractivity contribution in [3.8, 4) is 0 Å². The highest BCUT2D eigenvalue weighted by molar-refractivity contribution is 6.00. The van der Waals surface area contributed by atoms with E-state index in [0.29, 0.717) is 11.1 Å². The van der Waals surface area contributed by atoms with Gasteiger partial charge in [-0.1, -0.05) is 12.7 Å². The summed E-state index contributed by atoms with van der Waals surface area (Å²) < 4.78 is 11.1. The maximum Gasteiger partial charge on any atom is 0.334 e. The maximum absolute atomic E-state index is 12.6. The van der Waals surface area contributed by atoms with E-state index in [4.69, 9.17) is 9.47 Å². The van der Waals surface area contributed by atoms with Gasteiger partial charge in [0.25, 0.3) is 0 Å². The fourth-order valence-corrected chi connectivity index (χ4v) is 4.48. The van der Waals surface area contributed by atoms with Crippen molar-refractivity contribution in [2.24, 2.45) is 17.8 Å². The lowest BCUT2D eigenvalue weighted by molar-refractivity contribution is -0.150. The Morgan fingerprint density at radius 3 is 2.59 bits per heavy atom. The van der Waals surface area contributed by atoms with Crippen LogP contribution in [0.1, 0.15) is 34.1 Å². The first-order chi connectivity index (χ1) is 12.5. The number of ketones is 1. The lowest BCUT2D eigenvalue weighted by Crippen LogP contribution is -2.44. The summed E-state index contributed by atoms with van der Waals surface area (Å²) in [6.45, 7) is 10.1. The van der Waals surface area contributed by atoms with E-state index in [1.807, 2.05) is 0 Å². The Balaban J connectivity index is 2.09. The molecular formula is C20H24O7. The molecule has 1 heterocycles. The van der Waals surface area contributed by atoms with Crippen LogP contribution in [0.5, 0.6) is 0 Å². The summed E-state index contributed by atoms with van der Waals surface area (Å²) in [6, 6.07) is 0. The molecule has 0 unspecified atom stereocenters. The van der Waals surface area contributed by atoms with E-state index in [2.05, 4.69) is 6.58 Å². The Kier molecular flexibility index (Phi) is 4.54. The van der Waals surface area contributed by atoms with Crippen molar-refractivity contribution in [2.45, 2.75) is 51.9 Å². The molecule has 7 heteroatoms. The van der Waals surface area contributed by atoms with E-state index >= 15 is 0 Å². The number of ether oxygens (including phenoxy) is 2. The molecule has 2 N–H and O–H groups in total. The number of carbonyl (C=O) groups is 3. The van der Waals surface area contributed by atoms with Gasteiger partial charge in [0.1, 0.15) is 12.2 Å². The number of aliphatic hydroxyl groups excluding tert-OH is 1. The largest absolute Gasteiger partial charge is 0.504 e. The normalized spacial score (nSPS) is 39.1. The van der Waals surface area contributed by atoms with Crippen molar-refractivity contribution >= 4 is 17.7 Å². The number of hydrogen-bond acceptors (Lipinski definition) is 7. The molecule has 2 aliphatic carbocycles. The van der Waals surface area contributed by atoms with E-state index in [-0.39, 0.29) is 12.0 Å². The molecule has 0 aromatic rings. The predicted molar refractivity (Wildman–Crippen MR) is 94.4 cm³/mol. The summed E-state index contributed by atoms with van der Waals surface area (Å²) in [6.07, 6.45) is -0.218. The van der Waals surface area contributed by atoms with Gasteiger partial charge in [-0.05, 0) is 33.3 Å². The zero-order chi connectivity index (χ0) is 20.3. The molecule has 0 aromatic heterocycles. The standard InChI is InChI=1S/C20H24O7/c1-6-8(2)18(23)26-11-7-20(5,25)14-13(9(3)15(21)16(14)22)17-12(11)10(4)19(24)27-17/h6,11-14,17,21,25H,4,7H2,1-3,5H3/b8-6+/t11-,12-,13+,14+,17+,20+/m1/s1. The summed E-state index contributed by atoms with van der Waals surface area (Å²) in [5.41, 5.74) is -0.686. The van der Waals surface area contributed by atoms with Crippen LogP contribution in [0.2, 0.25) is 0 Å². The van der Waals surface area contributed by atoms with Crippen LogP contribution in [0.15, 0.2) is 35.1 Å². The SMILES string of the molecule is C=C1C(=O)O[C@@H]2[C@H]3C(C)=C(O)C(=O)[C@H]3[C@@](C)(O)C[C@@H](OC(=O)/C(C)=C/C)[C@@H]12. The van der Waals surface area contributed by atoms with Crippen LogP contribution in [0.25, 0.3) is 0 Å². The number of esters is 2. The number of aliphatic hydroxyl groups is 2. The van der Waals surface area contributed by atoms with E-state index < -0.39 is 59.0 Å². The van der Waals surface area contributed by atoms with E-state index in [1.165, 1.54) is 6.92 Å². The average molecular weight is 376 g/mol. The van der Waals surface area contributed by atoms with Crippen molar-refractivity contribution in [2.75, 3.05) is 0 Å². The van der Waals surface area contributed by atoms with Gasteiger partial charge in [-0.15, -0.1) is 0 Å².